The zero-order valence-corrected chi connectivity index (χ0v) is 11.8. The van der Waals surface area contributed by atoms with Crippen LogP contribution in [0.1, 0.15) is 73.6 Å². The highest BCUT2D eigenvalue weighted by Crippen LogP contribution is 2.30. The van der Waals surface area contributed by atoms with E-state index in [2.05, 4.69) is 41.5 Å². The van der Waals surface area contributed by atoms with E-state index in [0.29, 0.717) is 0 Å². The van der Waals surface area contributed by atoms with Gasteiger partial charge in [0.05, 0.1) is 0 Å². The summed E-state index contributed by atoms with van der Waals surface area (Å²) in [6.45, 7) is 14.2. The first-order chi connectivity index (χ1) is 7.02. The zero-order chi connectivity index (χ0) is 11.8. The molecule has 0 N–H and O–H groups in total. The lowest BCUT2D eigenvalue weighted by Gasteiger charge is -2.28. The molecule has 3 atom stereocenters. The summed E-state index contributed by atoms with van der Waals surface area (Å²) in [5, 5.41) is 0. The van der Waals surface area contributed by atoms with Crippen molar-refractivity contribution in [2.75, 3.05) is 0 Å². The van der Waals surface area contributed by atoms with Crippen LogP contribution in [0.3, 0.4) is 0 Å². The van der Waals surface area contributed by atoms with Crippen LogP contribution in [-0.2, 0) is 0 Å². The third-order valence-electron chi connectivity index (χ3n) is 4.02. The van der Waals surface area contributed by atoms with Crippen molar-refractivity contribution in [1.29, 1.82) is 0 Å². The molecule has 0 aliphatic carbocycles. The van der Waals surface area contributed by atoms with Crippen molar-refractivity contribution in [3.05, 3.63) is 0 Å². The van der Waals surface area contributed by atoms with Crippen molar-refractivity contribution < 1.29 is 0 Å². The van der Waals surface area contributed by atoms with Crippen molar-refractivity contribution in [1.82, 2.24) is 0 Å². The maximum absolute atomic E-state index is 2.46. The van der Waals surface area contributed by atoms with E-state index in [1.807, 2.05) is 0 Å². The first-order valence-corrected chi connectivity index (χ1v) is 7.02. The third kappa shape index (κ3) is 6.22. The molecule has 0 aliphatic rings. The lowest BCUT2D eigenvalue weighted by Crippen LogP contribution is -2.18. The van der Waals surface area contributed by atoms with Gasteiger partial charge < -0.3 is 0 Å². The molecule has 0 fully saturated rings. The van der Waals surface area contributed by atoms with Gasteiger partial charge in [0.1, 0.15) is 0 Å². The van der Waals surface area contributed by atoms with E-state index in [1.54, 1.807) is 0 Å². The Kier molecular flexibility index (Phi) is 8.19. The minimum atomic E-state index is 0.876. The van der Waals surface area contributed by atoms with Crippen molar-refractivity contribution in [2.24, 2.45) is 23.7 Å². The number of hydrogen-bond acceptors (Lipinski definition) is 0. The summed E-state index contributed by atoms with van der Waals surface area (Å²) in [6.07, 6.45) is 6.96. The molecular weight excluding hydrogens is 180 g/mol. The van der Waals surface area contributed by atoms with Crippen LogP contribution < -0.4 is 0 Å². The summed E-state index contributed by atoms with van der Waals surface area (Å²) in [7, 11) is 0. The Bertz CT molecular complexity index is 137. The van der Waals surface area contributed by atoms with Gasteiger partial charge in [-0.3, -0.25) is 0 Å². The molecule has 15 heavy (non-hydrogen) atoms. The third-order valence-corrected chi connectivity index (χ3v) is 4.02. The normalized spacial score (nSPS) is 17.8. The molecule has 0 nitrogen and oxygen atoms in total. The number of rotatable bonds is 8. The van der Waals surface area contributed by atoms with Crippen LogP contribution in [0.25, 0.3) is 0 Å². The van der Waals surface area contributed by atoms with E-state index < -0.39 is 0 Å². The molecule has 0 bridgehead atoms. The van der Waals surface area contributed by atoms with Crippen LogP contribution in [0.5, 0.6) is 0 Å². The average molecular weight is 212 g/mol. The second-order valence-electron chi connectivity index (χ2n) is 5.76. The van der Waals surface area contributed by atoms with E-state index in [0.717, 1.165) is 23.7 Å². The largest absolute Gasteiger partial charge is 0.0651 e. The minimum Gasteiger partial charge on any atom is -0.0651 e. The SMILES string of the molecule is CCC(C)C(CC)C(C)CCCC(C)C. The first kappa shape index (κ1) is 15.0. The van der Waals surface area contributed by atoms with Gasteiger partial charge >= 0.3 is 0 Å². The molecule has 0 aromatic carbocycles. The van der Waals surface area contributed by atoms with Crippen molar-refractivity contribution in [3.8, 4) is 0 Å². The molecule has 3 unspecified atom stereocenters. The van der Waals surface area contributed by atoms with E-state index in [9.17, 15) is 0 Å². The van der Waals surface area contributed by atoms with Gasteiger partial charge in [-0.1, -0.05) is 73.6 Å². The lowest BCUT2D eigenvalue weighted by molar-refractivity contribution is 0.224. The quantitative estimate of drug-likeness (QED) is 0.497. The summed E-state index contributed by atoms with van der Waals surface area (Å²) in [4.78, 5) is 0. The van der Waals surface area contributed by atoms with Crippen molar-refractivity contribution in [2.45, 2.75) is 73.6 Å². The highest BCUT2D eigenvalue weighted by atomic mass is 14.3. The minimum absolute atomic E-state index is 0.876. The molecule has 92 valence electrons. The van der Waals surface area contributed by atoms with Crippen LogP contribution in [0.4, 0.5) is 0 Å². The predicted octanol–water partition coefficient (Wildman–Crippen LogP) is 5.52. The standard InChI is InChI=1S/C15H32/c1-7-13(5)15(8-2)14(6)11-9-10-12(3)4/h12-15H,7-11H2,1-6H3. The Hall–Kier alpha value is 0. The van der Waals surface area contributed by atoms with E-state index in [1.165, 1.54) is 32.1 Å². The molecule has 0 radical (unpaired) electrons. The molecule has 0 aromatic rings. The van der Waals surface area contributed by atoms with Crippen molar-refractivity contribution in [3.63, 3.8) is 0 Å². The molecule has 0 heteroatoms. The van der Waals surface area contributed by atoms with Crippen LogP contribution in [0.2, 0.25) is 0 Å². The van der Waals surface area contributed by atoms with Crippen LogP contribution >= 0.6 is 0 Å². The van der Waals surface area contributed by atoms with Crippen LogP contribution in [0.15, 0.2) is 0 Å². The maximum Gasteiger partial charge on any atom is -0.0365 e. The van der Waals surface area contributed by atoms with Gasteiger partial charge in [0, 0.05) is 0 Å². The zero-order valence-electron chi connectivity index (χ0n) is 11.8. The summed E-state index contributed by atoms with van der Waals surface area (Å²) in [5.74, 6) is 3.65. The molecule has 0 saturated heterocycles. The summed E-state index contributed by atoms with van der Waals surface area (Å²) in [6, 6.07) is 0. The van der Waals surface area contributed by atoms with E-state index in [4.69, 9.17) is 0 Å². The Morgan fingerprint density at radius 2 is 1.33 bits per heavy atom. The maximum atomic E-state index is 2.46. The van der Waals surface area contributed by atoms with Gasteiger partial charge in [-0.25, -0.2) is 0 Å². The van der Waals surface area contributed by atoms with Gasteiger partial charge in [0.25, 0.3) is 0 Å². The molecule has 0 heterocycles. The fourth-order valence-electron chi connectivity index (χ4n) is 2.73. The highest BCUT2D eigenvalue weighted by Gasteiger charge is 2.20. The molecule has 0 spiro atoms. The summed E-state index contributed by atoms with van der Waals surface area (Å²) >= 11 is 0. The van der Waals surface area contributed by atoms with E-state index >= 15 is 0 Å². The Morgan fingerprint density at radius 1 is 0.733 bits per heavy atom. The lowest BCUT2D eigenvalue weighted by atomic mass is 9.78. The smallest absolute Gasteiger partial charge is 0.0365 e. The molecule has 0 rings (SSSR count). The van der Waals surface area contributed by atoms with Gasteiger partial charge in [0.2, 0.25) is 0 Å². The highest BCUT2D eigenvalue weighted by molar-refractivity contribution is 4.70. The average Bonchev–Trinajstić information content (AvgIpc) is 2.18. The van der Waals surface area contributed by atoms with Gasteiger partial charge in [-0.2, -0.15) is 0 Å². The molecule has 0 saturated carbocycles. The number of hydrogen-bond donors (Lipinski definition) is 0. The second kappa shape index (κ2) is 8.19. The molecule has 0 amide bonds. The van der Waals surface area contributed by atoms with Crippen LogP contribution in [-0.4, -0.2) is 0 Å². The van der Waals surface area contributed by atoms with Gasteiger partial charge in [0.15, 0.2) is 0 Å². The Morgan fingerprint density at radius 3 is 1.73 bits per heavy atom. The Labute approximate surface area is 97.8 Å². The fourth-order valence-corrected chi connectivity index (χ4v) is 2.73. The fraction of sp³-hybridized carbons (Fsp3) is 1.00. The van der Waals surface area contributed by atoms with Gasteiger partial charge in [-0.05, 0) is 23.7 Å². The van der Waals surface area contributed by atoms with Crippen LogP contribution in [0, 0.1) is 23.7 Å². The second-order valence-corrected chi connectivity index (χ2v) is 5.76. The summed E-state index contributed by atoms with van der Waals surface area (Å²) in [5.41, 5.74) is 0. The monoisotopic (exact) mass is 212 g/mol. The summed E-state index contributed by atoms with van der Waals surface area (Å²) < 4.78 is 0. The first-order valence-electron chi connectivity index (χ1n) is 7.02. The topological polar surface area (TPSA) is 0 Å². The Balaban J connectivity index is 3.88. The van der Waals surface area contributed by atoms with Gasteiger partial charge in [-0.15, -0.1) is 0 Å². The van der Waals surface area contributed by atoms with E-state index in [-0.39, 0.29) is 0 Å². The predicted molar refractivity (Wildman–Crippen MR) is 71.1 cm³/mol. The molecule has 0 aromatic heterocycles. The molecular formula is C15H32. The van der Waals surface area contributed by atoms with Crippen molar-refractivity contribution >= 4 is 0 Å². The molecule has 0 aliphatic heterocycles.